The van der Waals surface area contributed by atoms with Gasteiger partial charge in [0.15, 0.2) is 0 Å². The summed E-state index contributed by atoms with van der Waals surface area (Å²) in [5.74, 6) is 0.935. The van der Waals surface area contributed by atoms with Gasteiger partial charge in [0.25, 0.3) is 0 Å². The van der Waals surface area contributed by atoms with Crippen LogP contribution in [0.15, 0.2) is 0 Å². The van der Waals surface area contributed by atoms with Gasteiger partial charge in [0.05, 0.1) is 0 Å². The molecule has 3 heteroatoms. The minimum absolute atomic E-state index is 0.196. The van der Waals surface area contributed by atoms with Crippen molar-refractivity contribution in [3.05, 3.63) is 0 Å². The summed E-state index contributed by atoms with van der Waals surface area (Å²) in [6.07, 6.45) is 11.6. The Morgan fingerprint density at radius 2 is 1.90 bits per heavy atom. The van der Waals surface area contributed by atoms with E-state index in [-0.39, 0.29) is 6.04 Å². The summed E-state index contributed by atoms with van der Waals surface area (Å²) in [5.41, 5.74) is 5.98. The van der Waals surface area contributed by atoms with Crippen molar-refractivity contribution in [2.75, 3.05) is 13.1 Å². The van der Waals surface area contributed by atoms with E-state index in [4.69, 9.17) is 5.73 Å². The van der Waals surface area contributed by atoms with E-state index in [2.05, 4.69) is 13.8 Å². The standard InChI is InChI=1S/C17H34N2O/c1-3-5-7-10-15(9-6-4-2)13-17(20)19-12-8-11-16(18)14-19/h15-16H,3-14,18H2,1-2H3/t15?,16-/m1/s1. The zero-order valence-electron chi connectivity index (χ0n) is 13.6. The number of amides is 1. The van der Waals surface area contributed by atoms with Crippen LogP contribution in [0.3, 0.4) is 0 Å². The Morgan fingerprint density at radius 1 is 1.20 bits per heavy atom. The summed E-state index contributed by atoms with van der Waals surface area (Å²) >= 11 is 0. The van der Waals surface area contributed by atoms with Crippen LogP contribution in [0.5, 0.6) is 0 Å². The van der Waals surface area contributed by atoms with Gasteiger partial charge in [0, 0.05) is 25.6 Å². The zero-order valence-corrected chi connectivity index (χ0v) is 13.6. The fourth-order valence-electron chi connectivity index (χ4n) is 3.14. The lowest BCUT2D eigenvalue weighted by atomic mass is 9.91. The van der Waals surface area contributed by atoms with Crippen LogP contribution in [-0.2, 0) is 4.79 Å². The van der Waals surface area contributed by atoms with Crippen molar-refractivity contribution in [3.8, 4) is 0 Å². The molecule has 118 valence electrons. The van der Waals surface area contributed by atoms with Gasteiger partial charge in [0.1, 0.15) is 0 Å². The molecule has 0 bridgehead atoms. The monoisotopic (exact) mass is 282 g/mol. The van der Waals surface area contributed by atoms with Gasteiger partial charge in [-0.1, -0.05) is 46.0 Å². The van der Waals surface area contributed by atoms with Gasteiger partial charge in [-0.05, 0) is 31.6 Å². The molecule has 1 aliphatic heterocycles. The number of nitrogens with two attached hydrogens (primary N) is 1. The number of hydrogen-bond donors (Lipinski definition) is 1. The normalized spacial score (nSPS) is 20.9. The number of likely N-dealkylation sites (tertiary alicyclic amines) is 1. The predicted molar refractivity (Wildman–Crippen MR) is 85.6 cm³/mol. The highest BCUT2D eigenvalue weighted by Gasteiger charge is 2.23. The van der Waals surface area contributed by atoms with Crippen molar-refractivity contribution in [2.24, 2.45) is 11.7 Å². The first-order valence-electron chi connectivity index (χ1n) is 8.70. The van der Waals surface area contributed by atoms with Crippen LogP contribution in [0, 0.1) is 5.92 Å². The molecule has 1 fully saturated rings. The highest BCUT2D eigenvalue weighted by molar-refractivity contribution is 5.76. The SMILES string of the molecule is CCCCCC(CCCC)CC(=O)N1CCC[C@@H](N)C1. The van der Waals surface area contributed by atoms with Crippen LogP contribution in [0.1, 0.15) is 78.1 Å². The summed E-state index contributed by atoms with van der Waals surface area (Å²) < 4.78 is 0. The van der Waals surface area contributed by atoms with Crippen molar-refractivity contribution in [1.29, 1.82) is 0 Å². The molecule has 0 aromatic heterocycles. The molecular formula is C17H34N2O. The maximum atomic E-state index is 12.4. The number of carbonyl (C=O) groups excluding carboxylic acids is 1. The van der Waals surface area contributed by atoms with E-state index in [0.29, 0.717) is 11.8 Å². The number of unbranched alkanes of at least 4 members (excludes halogenated alkanes) is 3. The van der Waals surface area contributed by atoms with Crippen molar-refractivity contribution in [2.45, 2.75) is 84.1 Å². The van der Waals surface area contributed by atoms with Gasteiger partial charge in [-0.3, -0.25) is 4.79 Å². The summed E-state index contributed by atoms with van der Waals surface area (Å²) in [5, 5.41) is 0. The van der Waals surface area contributed by atoms with E-state index in [1.165, 1.54) is 44.9 Å². The molecule has 0 spiro atoms. The van der Waals surface area contributed by atoms with Crippen LogP contribution >= 0.6 is 0 Å². The van der Waals surface area contributed by atoms with Crippen molar-refractivity contribution in [3.63, 3.8) is 0 Å². The molecule has 2 N–H and O–H groups in total. The zero-order chi connectivity index (χ0) is 14.8. The van der Waals surface area contributed by atoms with E-state index in [1.54, 1.807) is 0 Å². The molecule has 1 heterocycles. The fourth-order valence-corrected chi connectivity index (χ4v) is 3.14. The number of carbonyl (C=O) groups is 1. The van der Waals surface area contributed by atoms with E-state index >= 15 is 0 Å². The second-order valence-corrected chi connectivity index (χ2v) is 6.45. The fraction of sp³-hybridized carbons (Fsp3) is 0.941. The Balaban J connectivity index is 2.38. The molecule has 3 nitrogen and oxygen atoms in total. The van der Waals surface area contributed by atoms with Gasteiger partial charge in [-0.15, -0.1) is 0 Å². The van der Waals surface area contributed by atoms with Gasteiger partial charge < -0.3 is 10.6 Å². The molecule has 0 radical (unpaired) electrons. The minimum atomic E-state index is 0.196. The second kappa shape index (κ2) is 10.2. The Kier molecular flexibility index (Phi) is 8.92. The van der Waals surface area contributed by atoms with Gasteiger partial charge in [0.2, 0.25) is 5.91 Å². The summed E-state index contributed by atoms with van der Waals surface area (Å²) in [7, 11) is 0. The third-order valence-electron chi connectivity index (χ3n) is 4.46. The number of rotatable bonds is 9. The lowest BCUT2D eigenvalue weighted by Crippen LogP contribution is -2.46. The Hall–Kier alpha value is -0.570. The van der Waals surface area contributed by atoms with E-state index < -0.39 is 0 Å². The molecule has 20 heavy (non-hydrogen) atoms. The minimum Gasteiger partial charge on any atom is -0.341 e. The van der Waals surface area contributed by atoms with Crippen LogP contribution < -0.4 is 5.73 Å². The largest absolute Gasteiger partial charge is 0.341 e. The Bertz CT molecular complexity index is 268. The number of nitrogens with zero attached hydrogens (tertiary/aromatic N) is 1. The second-order valence-electron chi connectivity index (χ2n) is 6.45. The smallest absolute Gasteiger partial charge is 0.222 e. The average molecular weight is 282 g/mol. The van der Waals surface area contributed by atoms with E-state index in [9.17, 15) is 4.79 Å². The first-order chi connectivity index (χ1) is 9.67. The molecule has 0 aromatic carbocycles. The Labute approximate surface area is 125 Å². The topological polar surface area (TPSA) is 46.3 Å². The van der Waals surface area contributed by atoms with Crippen LogP contribution in [0.2, 0.25) is 0 Å². The number of piperidine rings is 1. The average Bonchev–Trinajstić information content (AvgIpc) is 2.44. The first-order valence-corrected chi connectivity index (χ1v) is 8.70. The van der Waals surface area contributed by atoms with Crippen LogP contribution in [0.4, 0.5) is 0 Å². The molecule has 1 rings (SSSR count). The molecule has 2 atom stereocenters. The van der Waals surface area contributed by atoms with Gasteiger partial charge in [-0.2, -0.15) is 0 Å². The molecular weight excluding hydrogens is 248 g/mol. The van der Waals surface area contributed by atoms with E-state index in [1.807, 2.05) is 4.90 Å². The first kappa shape index (κ1) is 17.5. The molecule has 1 amide bonds. The number of hydrogen-bond acceptors (Lipinski definition) is 2. The third-order valence-corrected chi connectivity index (χ3v) is 4.46. The van der Waals surface area contributed by atoms with Crippen LogP contribution in [0.25, 0.3) is 0 Å². The molecule has 1 saturated heterocycles. The molecule has 0 saturated carbocycles. The van der Waals surface area contributed by atoms with Gasteiger partial charge >= 0.3 is 0 Å². The Morgan fingerprint density at radius 3 is 2.55 bits per heavy atom. The van der Waals surface area contributed by atoms with Crippen LogP contribution in [-0.4, -0.2) is 29.9 Å². The maximum Gasteiger partial charge on any atom is 0.222 e. The molecule has 0 aliphatic carbocycles. The van der Waals surface area contributed by atoms with Crippen molar-refractivity contribution < 1.29 is 4.79 Å². The highest BCUT2D eigenvalue weighted by Crippen LogP contribution is 2.22. The van der Waals surface area contributed by atoms with Gasteiger partial charge in [-0.25, -0.2) is 0 Å². The maximum absolute atomic E-state index is 12.4. The molecule has 1 aliphatic rings. The lowest BCUT2D eigenvalue weighted by molar-refractivity contribution is -0.133. The predicted octanol–water partition coefficient (Wildman–Crippen LogP) is 3.71. The molecule has 1 unspecified atom stereocenters. The van der Waals surface area contributed by atoms with Crippen molar-refractivity contribution in [1.82, 2.24) is 4.90 Å². The lowest BCUT2D eigenvalue weighted by Gasteiger charge is -2.32. The van der Waals surface area contributed by atoms with E-state index in [0.717, 1.165) is 32.4 Å². The summed E-state index contributed by atoms with van der Waals surface area (Å²) in [4.78, 5) is 14.4. The summed E-state index contributed by atoms with van der Waals surface area (Å²) in [6.45, 7) is 6.16. The highest BCUT2D eigenvalue weighted by atomic mass is 16.2. The summed E-state index contributed by atoms with van der Waals surface area (Å²) in [6, 6.07) is 0.196. The quantitative estimate of drug-likeness (QED) is 0.655. The van der Waals surface area contributed by atoms with Crippen molar-refractivity contribution >= 4 is 5.91 Å². The molecule has 0 aromatic rings. The third kappa shape index (κ3) is 6.74.